The summed E-state index contributed by atoms with van der Waals surface area (Å²) in [5.74, 6) is -0.469. The SMILES string of the molecule is CCC1CCCCCN1C(=O)C(C)C#N. The van der Waals surface area contributed by atoms with E-state index in [-0.39, 0.29) is 5.91 Å². The highest BCUT2D eigenvalue weighted by Crippen LogP contribution is 2.20. The highest BCUT2D eigenvalue weighted by Gasteiger charge is 2.27. The lowest BCUT2D eigenvalue weighted by atomic mass is 10.1. The van der Waals surface area contributed by atoms with Gasteiger partial charge in [0.1, 0.15) is 5.92 Å². The quantitative estimate of drug-likeness (QED) is 0.699. The standard InChI is InChI=1S/C12H20N2O/c1-3-11-7-5-4-6-8-14(11)12(15)10(2)9-13/h10-11H,3-8H2,1-2H3. The third kappa shape index (κ3) is 2.95. The van der Waals surface area contributed by atoms with Gasteiger partial charge in [0.2, 0.25) is 5.91 Å². The monoisotopic (exact) mass is 208 g/mol. The summed E-state index contributed by atoms with van der Waals surface area (Å²) in [6.07, 6.45) is 5.61. The molecule has 0 radical (unpaired) electrons. The van der Waals surface area contributed by atoms with Gasteiger partial charge in [0, 0.05) is 12.6 Å². The topological polar surface area (TPSA) is 44.1 Å². The number of rotatable bonds is 2. The van der Waals surface area contributed by atoms with Gasteiger partial charge in [-0.1, -0.05) is 19.8 Å². The molecular formula is C12H20N2O. The van der Waals surface area contributed by atoms with Crippen molar-refractivity contribution in [2.45, 2.75) is 52.0 Å². The minimum Gasteiger partial charge on any atom is -0.339 e. The normalized spacial score (nSPS) is 24.1. The number of hydrogen-bond donors (Lipinski definition) is 0. The highest BCUT2D eigenvalue weighted by molar-refractivity contribution is 5.81. The van der Waals surface area contributed by atoms with Gasteiger partial charge in [0.05, 0.1) is 6.07 Å². The molecule has 1 fully saturated rings. The van der Waals surface area contributed by atoms with Gasteiger partial charge in [-0.15, -0.1) is 0 Å². The van der Waals surface area contributed by atoms with E-state index in [0.717, 1.165) is 25.8 Å². The number of nitriles is 1. The maximum atomic E-state index is 12.0. The highest BCUT2D eigenvalue weighted by atomic mass is 16.2. The van der Waals surface area contributed by atoms with E-state index in [0.29, 0.717) is 6.04 Å². The third-order valence-corrected chi connectivity index (χ3v) is 3.20. The Labute approximate surface area is 92.1 Å². The molecule has 1 aliphatic rings. The second-order valence-electron chi connectivity index (χ2n) is 4.29. The molecule has 3 heteroatoms. The molecule has 15 heavy (non-hydrogen) atoms. The number of carbonyl (C=O) groups excluding carboxylic acids is 1. The molecular weight excluding hydrogens is 188 g/mol. The van der Waals surface area contributed by atoms with Crippen LogP contribution in [0.2, 0.25) is 0 Å². The Hall–Kier alpha value is -1.04. The van der Waals surface area contributed by atoms with Gasteiger partial charge in [-0.05, 0) is 26.2 Å². The fourth-order valence-electron chi connectivity index (χ4n) is 2.20. The number of hydrogen-bond acceptors (Lipinski definition) is 2. The Bertz CT molecular complexity index is 257. The van der Waals surface area contributed by atoms with Gasteiger partial charge in [-0.25, -0.2) is 0 Å². The van der Waals surface area contributed by atoms with Crippen LogP contribution in [-0.4, -0.2) is 23.4 Å². The molecule has 0 aromatic carbocycles. The van der Waals surface area contributed by atoms with Crippen molar-refractivity contribution in [1.29, 1.82) is 5.26 Å². The van der Waals surface area contributed by atoms with E-state index in [1.807, 2.05) is 11.0 Å². The van der Waals surface area contributed by atoms with Crippen LogP contribution in [0.5, 0.6) is 0 Å². The molecule has 0 saturated carbocycles. The molecule has 2 atom stereocenters. The first-order valence-corrected chi connectivity index (χ1v) is 5.90. The lowest BCUT2D eigenvalue weighted by Crippen LogP contribution is -2.42. The van der Waals surface area contributed by atoms with E-state index in [1.165, 1.54) is 12.8 Å². The van der Waals surface area contributed by atoms with E-state index in [2.05, 4.69) is 6.92 Å². The zero-order valence-corrected chi connectivity index (χ0v) is 9.70. The molecule has 1 rings (SSSR count). The van der Waals surface area contributed by atoms with Gasteiger partial charge in [0.25, 0.3) is 0 Å². The minimum absolute atomic E-state index is 0.0197. The van der Waals surface area contributed by atoms with Crippen LogP contribution in [-0.2, 0) is 4.79 Å². The maximum absolute atomic E-state index is 12.0. The molecule has 0 spiro atoms. The van der Waals surface area contributed by atoms with Crippen LogP contribution in [0.3, 0.4) is 0 Å². The largest absolute Gasteiger partial charge is 0.339 e. The molecule has 0 bridgehead atoms. The molecule has 0 aromatic heterocycles. The summed E-state index contributed by atoms with van der Waals surface area (Å²) >= 11 is 0. The zero-order valence-electron chi connectivity index (χ0n) is 9.70. The minimum atomic E-state index is -0.489. The van der Waals surface area contributed by atoms with E-state index in [4.69, 9.17) is 5.26 Å². The maximum Gasteiger partial charge on any atom is 0.239 e. The predicted molar refractivity (Wildman–Crippen MR) is 59.0 cm³/mol. The van der Waals surface area contributed by atoms with Crippen molar-refractivity contribution >= 4 is 5.91 Å². The van der Waals surface area contributed by atoms with Gasteiger partial charge in [0.15, 0.2) is 0 Å². The van der Waals surface area contributed by atoms with Crippen LogP contribution in [0.4, 0.5) is 0 Å². The summed E-state index contributed by atoms with van der Waals surface area (Å²) in [5, 5.41) is 8.77. The van der Waals surface area contributed by atoms with E-state index >= 15 is 0 Å². The van der Waals surface area contributed by atoms with Crippen molar-refractivity contribution < 1.29 is 4.79 Å². The molecule has 0 N–H and O–H groups in total. The Kier molecular flexibility index (Phi) is 4.61. The van der Waals surface area contributed by atoms with Crippen molar-refractivity contribution in [3.63, 3.8) is 0 Å². The fraction of sp³-hybridized carbons (Fsp3) is 0.833. The summed E-state index contributed by atoms with van der Waals surface area (Å²) < 4.78 is 0. The average Bonchev–Trinajstić information content (AvgIpc) is 2.51. The third-order valence-electron chi connectivity index (χ3n) is 3.20. The first kappa shape index (κ1) is 12.0. The Morgan fingerprint density at radius 3 is 2.87 bits per heavy atom. The van der Waals surface area contributed by atoms with E-state index in [1.54, 1.807) is 6.92 Å². The van der Waals surface area contributed by atoms with Crippen LogP contribution in [0.1, 0.15) is 46.0 Å². The predicted octanol–water partition coefficient (Wildman–Crippen LogP) is 2.33. The molecule has 1 aliphatic heterocycles. The van der Waals surface area contributed by atoms with Crippen molar-refractivity contribution in [2.24, 2.45) is 5.92 Å². The van der Waals surface area contributed by atoms with Crippen molar-refractivity contribution in [1.82, 2.24) is 4.90 Å². The second-order valence-corrected chi connectivity index (χ2v) is 4.29. The number of nitrogens with zero attached hydrogens (tertiary/aromatic N) is 2. The van der Waals surface area contributed by atoms with Crippen LogP contribution in [0.15, 0.2) is 0 Å². The Morgan fingerprint density at radius 1 is 1.53 bits per heavy atom. The lowest BCUT2D eigenvalue weighted by molar-refractivity contribution is -0.135. The number of likely N-dealkylation sites (tertiary alicyclic amines) is 1. The fourth-order valence-corrected chi connectivity index (χ4v) is 2.20. The molecule has 3 nitrogen and oxygen atoms in total. The smallest absolute Gasteiger partial charge is 0.239 e. The summed E-state index contributed by atoms with van der Waals surface area (Å²) in [6, 6.07) is 2.39. The van der Waals surface area contributed by atoms with Crippen LogP contribution >= 0.6 is 0 Å². The van der Waals surface area contributed by atoms with Gasteiger partial charge in [-0.3, -0.25) is 4.79 Å². The molecule has 1 heterocycles. The van der Waals surface area contributed by atoms with Crippen molar-refractivity contribution in [3.8, 4) is 6.07 Å². The second kappa shape index (κ2) is 5.75. The van der Waals surface area contributed by atoms with Crippen LogP contribution in [0, 0.1) is 17.2 Å². The van der Waals surface area contributed by atoms with Gasteiger partial charge < -0.3 is 4.90 Å². The van der Waals surface area contributed by atoms with E-state index < -0.39 is 5.92 Å². The zero-order chi connectivity index (χ0) is 11.3. The number of carbonyl (C=O) groups is 1. The van der Waals surface area contributed by atoms with E-state index in [9.17, 15) is 4.79 Å². The van der Waals surface area contributed by atoms with Crippen molar-refractivity contribution in [2.75, 3.05) is 6.54 Å². The lowest BCUT2D eigenvalue weighted by Gasteiger charge is -2.30. The van der Waals surface area contributed by atoms with Crippen LogP contribution in [0.25, 0.3) is 0 Å². The van der Waals surface area contributed by atoms with Crippen molar-refractivity contribution in [3.05, 3.63) is 0 Å². The Morgan fingerprint density at radius 2 is 2.27 bits per heavy atom. The molecule has 84 valence electrons. The molecule has 1 amide bonds. The molecule has 1 saturated heterocycles. The molecule has 0 aliphatic carbocycles. The summed E-state index contributed by atoms with van der Waals surface area (Å²) in [7, 11) is 0. The summed E-state index contributed by atoms with van der Waals surface area (Å²) in [4.78, 5) is 13.9. The Balaban J connectivity index is 2.70. The van der Waals surface area contributed by atoms with Crippen LogP contribution < -0.4 is 0 Å². The average molecular weight is 208 g/mol. The first-order valence-electron chi connectivity index (χ1n) is 5.90. The van der Waals surface area contributed by atoms with Gasteiger partial charge in [-0.2, -0.15) is 5.26 Å². The summed E-state index contributed by atoms with van der Waals surface area (Å²) in [6.45, 7) is 4.65. The number of amides is 1. The molecule has 0 aromatic rings. The first-order chi connectivity index (χ1) is 7.20. The summed E-state index contributed by atoms with van der Waals surface area (Å²) in [5.41, 5.74) is 0. The molecule has 2 unspecified atom stereocenters. The van der Waals surface area contributed by atoms with Gasteiger partial charge >= 0.3 is 0 Å².